The van der Waals surface area contributed by atoms with Crippen molar-refractivity contribution >= 4 is 0 Å². The van der Waals surface area contributed by atoms with Gasteiger partial charge in [0.15, 0.2) is 5.82 Å². The molecule has 0 radical (unpaired) electrons. The van der Waals surface area contributed by atoms with Gasteiger partial charge in [-0.2, -0.15) is 9.97 Å². The second-order valence-electron chi connectivity index (χ2n) is 4.40. The first-order valence-corrected chi connectivity index (χ1v) is 5.97. The minimum atomic E-state index is 0.189. The summed E-state index contributed by atoms with van der Waals surface area (Å²) in [5.41, 5.74) is 0.876. The van der Waals surface area contributed by atoms with Crippen molar-refractivity contribution in [3.05, 3.63) is 36.2 Å². The lowest BCUT2D eigenvalue weighted by atomic mass is 10.2. The molecule has 0 fully saturated rings. The quantitative estimate of drug-likeness (QED) is 0.717. The van der Waals surface area contributed by atoms with E-state index in [-0.39, 0.29) is 17.7 Å². The predicted molar refractivity (Wildman–Crippen MR) is 67.1 cm³/mol. The van der Waals surface area contributed by atoms with Crippen molar-refractivity contribution in [3.8, 4) is 23.2 Å². The van der Waals surface area contributed by atoms with Crippen LogP contribution in [0.2, 0.25) is 0 Å². The highest BCUT2D eigenvalue weighted by Gasteiger charge is 2.18. The lowest BCUT2D eigenvalue weighted by Crippen LogP contribution is -1.89. The maximum Gasteiger partial charge on any atom is 0.316 e. The van der Waals surface area contributed by atoms with Crippen LogP contribution in [0.3, 0.4) is 0 Å². The topological polar surface area (TPSA) is 77.8 Å². The zero-order valence-electron chi connectivity index (χ0n) is 10.6. The molecule has 0 N–H and O–H groups in total. The highest BCUT2D eigenvalue weighted by Crippen LogP contribution is 2.21. The van der Waals surface area contributed by atoms with Crippen molar-refractivity contribution in [1.82, 2.24) is 20.3 Å². The van der Waals surface area contributed by atoms with E-state index >= 15 is 0 Å². The molecule has 0 aliphatic rings. The van der Waals surface area contributed by atoms with E-state index in [1.165, 1.54) is 0 Å². The standard InChI is InChI=1S/C13H12N4O2/c1-8(2)10-14-12(18-16-10)13-15-11(17-19-13)9-6-4-3-5-7-9/h3-8H,1-2H3. The van der Waals surface area contributed by atoms with Crippen LogP contribution >= 0.6 is 0 Å². The van der Waals surface area contributed by atoms with Gasteiger partial charge in [0.2, 0.25) is 5.82 Å². The lowest BCUT2D eigenvalue weighted by molar-refractivity contribution is 0.378. The largest absolute Gasteiger partial charge is 0.329 e. The van der Waals surface area contributed by atoms with E-state index in [0.717, 1.165) is 5.56 Å². The number of hydrogen-bond donors (Lipinski definition) is 0. The van der Waals surface area contributed by atoms with Gasteiger partial charge in [-0.1, -0.05) is 54.5 Å². The van der Waals surface area contributed by atoms with E-state index in [1.54, 1.807) is 0 Å². The zero-order chi connectivity index (χ0) is 13.2. The van der Waals surface area contributed by atoms with Gasteiger partial charge in [-0.25, -0.2) is 0 Å². The molecule has 0 unspecified atom stereocenters. The van der Waals surface area contributed by atoms with Crippen LogP contribution in [0.4, 0.5) is 0 Å². The molecule has 2 heterocycles. The molecule has 0 bridgehead atoms. The summed E-state index contributed by atoms with van der Waals surface area (Å²) < 4.78 is 10.2. The predicted octanol–water partition coefficient (Wildman–Crippen LogP) is 2.91. The molecule has 6 nitrogen and oxygen atoms in total. The molecule has 3 aromatic rings. The summed E-state index contributed by atoms with van der Waals surface area (Å²) in [7, 11) is 0. The summed E-state index contributed by atoms with van der Waals surface area (Å²) in [6.45, 7) is 3.97. The van der Waals surface area contributed by atoms with Gasteiger partial charge < -0.3 is 9.05 Å². The Labute approximate surface area is 109 Å². The molecule has 1 aromatic carbocycles. The number of aromatic nitrogens is 4. The Hall–Kier alpha value is -2.50. The van der Waals surface area contributed by atoms with Crippen LogP contribution in [0, 0.1) is 0 Å². The van der Waals surface area contributed by atoms with Gasteiger partial charge in [0, 0.05) is 11.5 Å². The van der Waals surface area contributed by atoms with Crippen LogP contribution in [0.15, 0.2) is 39.4 Å². The number of nitrogens with zero attached hydrogens (tertiary/aromatic N) is 4. The summed E-state index contributed by atoms with van der Waals surface area (Å²) in [6, 6.07) is 9.56. The van der Waals surface area contributed by atoms with Crippen molar-refractivity contribution in [1.29, 1.82) is 0 Å². The zero-order valence-corrected chi connectivity index (χ0v) is 10.6. The van der Waals surface area contributed by atoms with Crippen molar-refractivity contribution in [2.45, 2.75) is 19.8 Å². The number of hydrogen-bond acceptors (Lipinski definition) is 6. The molecule has 0 saturated carbocycles. The normalized spacial score (nSPS) is 11.1. The Morgan fingerprint density at radius 3 is 2.26 bits per heavy atom. The highest BCUT2D eigenvalue weighted by atomic mass is 16.5. The molecule has 0 aliphatic heterocycles. The highest BCUT2D eigenvalue weighted by molar-refractivity contribution is 5.55. The number of rotatable bonds is 3. The number of benzene rings is 1. The molecule has 0 aliphatic carbocycles. The first-order valence-electron chi connectivity index (χ1n) is 5.97. The lowest BCUT2D eigenvalue weighted by Gasteiger charge is -1.91. The van der Waals surface area contributed by atoms with Crippen LogP contribution in [0.1, 0.15) is 25.6 Å². The maximum absolute atomic E-state index is 5.14. The third-order valence-electron chi connectivity index (χ3n) is 2.60. The van der Waals surface area contributed by atoms with Crippen LogP contribution in [0.25, 0.3) is 23.2 Å². The van der Waals surface area contributed by atoms with Gasteiger partial charge in [0.1, 0.15) is 0 Å². The minimum absolute atomic E-state index is 0.189. The van der Waals surface area contributed by atoms with E-state index < -0.39 is 0 Å². The van der Waals surface area contributed by atoms with E-state index in [0.29, 0.717) is 11.6 Å². The van der Waals surface area contributed by atoms with Crippen LogP contribution < -0.4 is 0 Å². The fraction of sp³-hybridized carbons (Fsp3) is 0.231. The second kappa shape index (κ2) is 4.64. The molecule has 6 heteroatoms. The molecule has 0 saturated heterocycles. The molecule has 96 valence electrons. The average Bonchev–Trinajstić information content (AvgIpc) is 3.09. The van der Waals surface area contributed by atoms with Crippen molar-refractivity contribution in [2.24, 2.45) is 0 Å². The Kier molecular flexibility index (Phi) is 2.83. The fourth-order valence-corrected chi connectivity index (χ4v) is 1.57. The Morgan fingerprint density at radius 1 is 0.895 bits per heavy atom. The minimum Gasteiger partial charge on any atom is -0.329 e. The summed E-state index contributed by atoms with van der Waals surface area (Å²) in [5.74, 6) is 1.79. The molecule has 0 amide bonds. The monoisotopic (exact) mass is 256 g/mol. The van der Waals surface area contributed by atoms with Crippen LogP contribution in [0.5, 0.6) is 0 Å². The van der Waals surface area contributed by atoms with Crippen molar-refractivity contribution < 1.29 is 9.05 Å². The smallest absolute Gasteiger partial charge is 0.316 e. The third-order valence-corrected chi connectivity index (χ3v) is 2.60. The van der Waals surface area contributed by atoms with Gasteiger partial charge in [-0.15, -0.1) is 0 Å². The summed E-state index contributed by atoms with van der Waals surface area (Å²) >= 11 is 0. The van der Waals surface area contributed by atoms with Gasteiger partial charge in [-0.05, 0) is 0 Å². The first-order chi connectivity index (χ1) is 9.24. The SMILES string of the molecule is CC(C)c1noc(-c2nc(-c3ccccc3)no2)n1. The second-order valence-corrected chi connectivity index (χ2v) is 4.40. The fourth-order valence-electron chi connectivity index (χ4n) is 1.57. The van der Waals surface area contributed by atoms with Crippen molar-refractivity contribution in [2.75, 3.05) is 0 Å². The third kappa shape index (κ3) is 2.24. The maximum atomic E-state index is 5.14. The molecule has 0 atom stereocenters. The van der Waals surface area contributed by atoms with E-state index in [9.17, 15) is 0 Å². The molecule has 19 heavy (non-hydrogen) atoms. The first kappa shape index (κ1) is 11.6. The molecule has 3 rings (SSSR count). The van der Waals surface area contributed by atoms with Crippen LogP contribution in [-0.4, -0.2) is 20.3 Å². The van der Waals surface area contributed by atoms with E-state index in [4.69, 9.17) is 9.05 Å². The summed E-state index contributed by atoms with van der Waals surface area (Å²) in [5, 5.41) is 7.76. The van der Waals surface area contributed by atoms with Gasteiger partial charge in [-0.3, -0.25) is 0 Å². The molecule has 2 aromatic heterocycles. The molecular weight excluding hydrogens is 244 g/mol. The summed E-state index contributed by atoms with van der Waals surface area (Å²) in [6.07, 6.45) is 0. The Bertz CT molecular complexity index is 673. The van der Waals surface area contributed by atoms with E-state index in [1.807, 2.05) is 44.2 Å². The molecule has 0 spiro atoms. The van der Waals surface area contributed by atoms with E-state index in [2.05, 4.69) is 20.3 Å². The van der Waals surface area contributed by atoms with Gasteiger partial charge in [0.05, 0.1) is 0 Å². The van der Waals surface area contributed by atoms with Crippen LogP contribution in [-0.2, 0) is 0 Å². The summed E-state index contributed by atoms with van der Waals surface area (Å²) in [4.78, 5) is 8.46. The molecular formula is C13H12N4O2. The van der Waals surface area contributed by atoms with Gasteiger partial charge in [0.25, 0.3) is 0 Å². The van der Waals surface area contributed by atoms with Crippen molar-refractivity contribution in [3.63, 3.8) is 0 Å². The van der Waals surface area contributed by atoms with Gasteiger partial charge >= 0.3 is 11.8 Å². The Morgan fingerprint density at radius 2 is 1.58 bits per heavy atom. The average molecular weight is 256 g/mol. The Balaban J connectivity index is 1.92.